The third-order valence-electron chi connectivity index (χ3n) is 3.39. The lowest BCUT2D eigenvalue weighted by molar-refractivity contribution is -0.118. The van der Waals surface area contributed by atoms with E-state index in [-0.39, 0.29) is 5.91 Å². The van der Waals surface area contributed by atoms with Gasteiger partial charge in [0.25, 0.3) is 0 Å². The van der Waals surface area contributed by atoms with Crippen LogP contribution in [0.4, 0.5) is 0 Å². The summed E-state index contributed by atoms with van der Waals surface area (Å²) < 4.78 is 0. The molecule has 0 unspecified atom stereocenters. The van der Waals surface area contributed by atoms with E-state index in [4.69, 9.17) is 11.6 Å². The second-order valence-electron chi connectivity index (χ2n) is 5.73. The molecule has 0 aliphatic rings. The molecule has 0 aliphatic heterocycles. The first kappa shape index (κ1) is 18.6. The summed E-state index contributed by atoms with van der Waals surface area (Å²) in [6.07, 6.45) is 0. The van der Waals surface area contributed by atoms with E-state index in [0.717, 1.165) is 17.0 Å². The van der Waals surface area contributed by atoms with E-state index >= 15 is 0 Å². The third kappa shape index (κ3) is 6.02. The Balaban J connectivity index is 1.80. The fraction of sp³-hybridized carbons (Fsp3) is 0.263. The van der Waals surface area contributed by atoms with Crippen molar-refractivity contribution in [2.24, 2.45) is 5.10 Å². The van der Waals surface area contributed by atoms with Crippen LogP contribution in [-0.4, -0.2) is 17.4 Å². The van der Waals surface area contributed by atoms with Gasteiger partial charge in [0.1, 0.15) is 0 Å². The highest BCUT2D eigenvalue weighted by Gasteiger charge is 2.03. The third-order valence-corrected chi connectivity index (χ3v) is 4.65. The Morgan fingerprint density at radius 1 is 1.12 bits per heavy atom. The smallest absolute Gasteiger partial charge is 0.250 e. The maximum absolute atomic E-state index is 11.9. The van der Waals surface area contributed by atoms with E-state index in [2.05, 4.69) is 42.6 Å². The largest absolute Gasteiger partial charge is 0.272 e. The Morgan fingerprint density at radius 2 is 1.75 bits per heavy atom. The summed E-state index contributed by atoms with van der Waals surface area (Å²) in [5.74, 6) is 1.10. The minimum Gasteiger partial charge on any atom is -0.272 e. The van der Waals surface area contributed by atoms with Crippen LogP contribution in [0.1, 0.15) is 29.2 Å². The van der Waals surface area contributed by atoms with Gasteiger partial charge in [-0.25, -0.2) is 5.43 Å². The van der Waals surface area contributed by atoms with Crippen molar-refractivity contribution in [3.63, 3.8) is 0 Å². The van der Waals surface area contributed by atoms with Gasteiger partial charge >= 0.3 is 0 Å². The lowest BCUT2D eigenvalue weighted by atomic mass is 10.1. The van der Waals surface area contributed by atoms with Crippen molar-refractivity contribution in [2.75, 3.05) is 5.75 Å². The standard InChI is InChI=1S/C19H21ClN2OS/c1-13-8-14(2)10-16(9-13)11-24-12-19(23)22-21-15(3)17-4-6-18(20)7-5-17/h4-10H,11-12H2,1-3H3,(H,22,23)/b21-15-. The molecule has 2 rings (SSSR count). The van der Waals surface area contributed by atoms with Gasteiger partial charge in [-0.2, -0.15) is 5.10 Å². The molecule has 0 atom stereocenters. The zero-order chi connectivity index (χ0) is 17.5. The summed E-state index contributed by atoms with van der Waals surface area (Å²) >= 11 is 7.44. The van der Waals surface area contributed by atoms with E-state index in [1.165, 1.54) is 16.7 Å². The highest BCUT2D eigenvalue weighted by molar-refractivity contribution is 7.99. The topological polar surface area (TPSA) is 41.5 Å². The summed E-state index contributed by atoms with van der Waals surface area (Å²) in [6, 6.07) is 13.8. The summed E-state index contributed by atoms with van der Waals surface area (Å²) in [6.45, 7) is 6.02. The summed E-state index contributed by atoms with van der Waals surface area (Å²) in [7, 11) is 0. The average Bonchev–Trinajstić information content (AvgIpc) is 2.52. The molecule has 1 N–H and O–H groups in total. The predicted molar refractivity (Wildman–Crippen MR) is 104 cm³/mol. The number of hydrazone groups is 1. The zero-order valence-electron chi connectivity index (χ0n) is 14.1. The SMILES string of the molecule is C/C(=N/NC(=O)CSCc1cc(C)cc(C)c1)c1ccc(Cl)cc1. The first-order valence-corrected chi connectivity index (χ1v) is 9.21. The lowest BCUT2D eigenvalue weighted by Gasteiger charge is -2.05. The van der Waals surface area contributed by atoms with Crippen LogP contribution in [0.2, 0.25) is 5.02 Å². The lowest BCUT2D eigenvalue weighted by Crippen LogP contribution is -2.21. The van der Waals surface area contributed by atoms with Gasteiger partial charge in [0.05, 0.1) is 11.5 Å². The van der Waals surface area contributed by atoms with Gasteiger partial charge in [-0.1, -0.05) is 53.1 Å². The number of benzene rings is 2. The molecule has 0 saturated carbocycles. The van der Waals surface area contributed by atoms with Crippen molar-refractivity contribution in [2.45, 2.75) is 26.5 Å². The van der Waals surface area contributed by atoms with E-state index in [1.807, 2.05) is 19.1 Å². The molecule has 24 heavy (non-hydrogen) atoms. The van der Waals surface area contributed by atoms with E-state index in [9.17, 15) is 4.79 Å². The summed E-state index contributed by atoms with van der Waals surface area (Å²) in [4.78, 5) is 11.9. The fourth-order valence-corrected chi connectivity index (χ4v) is 3.23. The molecule has 2 aromatic carbocycles. The van der Waals surface area contributed by atoms with Crippen LogP contribution < -0.4 is 5.43 Å². The zero-order valence-corrected chi connectivity index (χ0v) is 15.7. The van der Waals surface area contributed by atoms with Crippen molar-refractivity contribution in [3.8, 4) is 0 Å². The first-order chi connectivity index (χ1) is 11.4. The van der Waals surface area contributed by atoms with Crippen LogP contribution in [0, 0.1) is 13.8 Å². The van der Waals surface area contributed by atoms with Crippen molar-refractivity contribution in [1.29, 1.82) is 0 Å². The van der Waals surface area contributed by atoms with Gasteiger partial charge in [0, 0.05) is 10.8 Å². The van der Waals surface area contributed by atoms with Crippen LogP contribution in [-0.2, 0) is 10.5 Å². The molecular formula is C19H21ClN2OS. The van der Waals surface area contributed by atoms with E-state index in [1.54, 1.807) is 23.9 Å². The van der Waals surface area contributed by atoms with Gasteiger partial charge < -0.3 is 0 Å². The molecular weight excluding hydrogens is 340 g/mol. The number of halogens is 1. The van der Waals surface area contributed by atoms with Crippen LogP contribution in [0.25, 0.3) is 0 Å². The molecule has 0 saturated heterocycles. The number of amides is 1. The van der Waals surface area contributed by atoms with Gasteiger partial charge in [-0.15, -0.1) is 11.8 Å². The number of aryl methyl sites for hydroxylation is 2. The Hall–Kier alpha value is -1.78. The highest BCUT2D eigenvalue weighted by atomic mass is 35.5. The fourth-order valence-electron chi connectivity index (χ4n) is 2.35. The number of carbonyl (C=O) groups excluding carboxylic acids is 1. The minimum absolute atomic E-state index is 0.0994. The molecule has 1 amide bonds. The molecule has 0 aromatic heterocycles. The number of nitrogens with zero attached hydrogens (tertiary/aromatic N) is 1. The molecule has 3 nitrogen and oxygen atoms in total. The molecule has 126 valence electrons. The summed E-state index contributed by atoms with van der Waals surface area (Å²) in [5.41, 5.74) is 8.02. The van der Waals surface area contributed by atoms with Gasteiger partial charge in [-0.05, 0) is 44.0 Å². The second kappa shape index (κ2) is 8.90. The summed E-state index contributed by atoms with van der Waals surface area (Å²) in [5, 5.41) is 4.82. The number of thioether (sulfide) groups is 1. The van der Waals surface area contributed by atoms with E-state index in [0.29, 0.717) is 10.8 Å². The van der Waals surface area contributed by atoms with Crippen molar-refractivity contribution in [3.05, 3.63) is 69.7 Å². The number of rotatable bonds is 6. The Bertz CT molecular complexity index is 721. The second-order valence-corrected chi connectivity index (χ2v) is 7.15. The Kier molecular flexibility index (Phi) is 6.88. The minimum atomic E-state index is -0.0994. The number of carbonyl (C=O) groups is 1. The normalized spacial score (nSPS) is 11.4. The molecule has 5 heteroatoms. The Labute approximate surface area is 152 Å². The molecule has 0 heterocycles. The monoisotopic (exact) mass is 360 g/mol. The van der Waals surface area contributed by atoms with Gasteiger partial charge in [0.15, 0.2) is 0 Å². The van der Waals surface area contributed by atoms with Crippen LogP contribution in [0.3, 0.4) is 0 Å². The Morgan fingerprint density at radius 3 is 2.38 bits per heavy atom. The maximum atomic E-state index is 11.9. The van der Waals surface area contributed by atoms with Crippen molar-refractivity contribution in [1.82, 2.24) is 5.43 Å². The van der Waals surface area contributed by atoms with Crippen molar-refractivity contribution < 1.29 is 4.79 Å². The van der Waals surface area contributed by atoms with E-state index < -0.39 is 0 Å². The van der Waals surface area contributed by atoms with Crippen LogP contribution >= 0.6 is 23.4 Å². The molecule has 0 spiro atoms. The van der Waals surface area contributed by atoms with Crippen LogP contribution in [0.15, 0.2) is 47.6 Å². The highest BCUT2D eigenvalue weighted by Crippen LogP contribution is 2.15. The maximum Gasteiger partial charge on any atom is 0.250 e. The van der Waals surface area contributed by atoms with Crippen molar-refractivity contribution >= 4 is 35.0 Å². The van der Waals surface area contributed by atoms with Gasteiger partial charge in [0.2, 0.25) is 5.91 Å². The molecule has 0 bridgehead atoms. The molecule has 0 aliphatic carbocycles. The quantitative estimate of drug-likeness (QED) is 0.597. The number of hydrogen-bond acceptors (Lipinski definition) is 3. The number of hydrogen-bond donors (Lipinski definition) is 1. The average molecular weight is 361 g/mol. The molecule has 0 fully saturated rings. The van der Waals surface area contributed by atoms with Gasteiger partial charge in [-0.3, -0.25) is 4.79 Å². The molecule has 0 radical (unpaired) electrons. The first-order valence-electron chi connectivity index (χ1n) is 7.68. The van der Waals surface area contributed by atoms with Crippen LogP contribution in [0.5, 0.6) is 0 Å². The molecule has 2 aromatic rings. The number of nitrogens with one attached hydrogen (secondary N) is 1. The predicted octanol–water partition coefficient (Wildman–Crippen LogP) is 4.73.